The van der Waals surface area contributed by atoms with E-state index in [1.807, 2.05) is 0 Å². The first-order chi connectivity index (χ1) is 7.08. The number of rotatable bonds is 2. The summed E-state index contributed by atoms with van der Waals surface area (Å²) in [4.78, 5) is 10.8. The molecule has 4 heteroatoms. The van der Waals surface area contributed by atoms with Gasteiger partial charge in [-0.15, -0.1) is 0 Å². The molecule has 0 radical (unpaired) electrons. The lowest BCUT2D eigenvalue weighted by atomic mass is 9.99. The molecule has 4 nitrogen and oxygen atoms in total. The Kier molecular flexibility index (Phi) is 2.26. The Balaban J connectivity index is 2.19. The van der Waals surface area contributed by atoms with Crippen LogP contribution in [0.1, 0.15) is 12.5 Å². The van der Waals surface area contributed by atoms with Gasteiger partial charge in [0.05, 0.1) is 5.92 Å². The summed E-state index contributed by atoms with van der Waals surface area (Å²) in [7, 11) is 0. The molecule has 0 saturated carbocycles. The van der Waals surface area contributed by atoms with Crippen LogP contribution in [0.15, 0.2) is 18.2 Å². The summed E-state index contributed by atoms with van der Waals surface area (Å²) in [6, 6.07) is 4.97. The largest absolute Gasteiger partial charge is 0.508 e. The van der Waals surface area contributed by atoms with Gasteiger partial charge in [-0.25, -0.2) is 0 Å². The van der Waals surface area contributed by atoms with E-state index in [1.54, 1.807) is 25.1 Å². The van der Waals surface area contributed by atoms with Gasteiger partial charge >= 0.3 is 5.97 Å². The second-order valence-corrected chi connectivity index (χ2v) is 3.92. The molecule has 80 valence electrons. The molecule has 3 N–H and O–H groups in total. The molecule has 1 aliphatic heterocycles. The number of carboxylic acids is 1. The monoisotopic (exact) mass is 207 g/mol. The summed E-state index contributed by atoms with van der Waals surface area (Å²) in [6.45, 7) is 1.69. The predicted octanol–water partition coefficient (Wildman–Crippen LogP) is 1.45. The molecular weight excluding hydrogens is 194 g/mol. The number of phenolic OH excluding ortho intramolecular Hbond substituents is 1. The number of benzene rings is 1. The molecule has 1 aromatic rings. The quantitative estimate of drug-likeness (QED) is 0.642. The molecule has 0 spiro atoms. The zero-order chi connectivity index (χ0) is 11.0. The topological polar surface area (TPSA) is 69.6 Å². The molecule has 1 aliphatic rings. The lowest BCUT2D eigenvalue weighted by molar-refractivity contribution is -0.141. The molecule has 1 heterocycles. The van der Waals surface area contributed by atoms with E-state index in [-0.39, 0.29) is 11.8 Å². The first kappa shape index (κ1) is 9.83. The number of aliphatic carboxylic acids is 1. The summed E-state index contributed by atoms with van der Waals surface area (Å²) in [5.74, 6) is -1.01. The Hall–Kier alpha value is -1.71. The van der Waals surface area contributed by atoms with Crippen molar-refractivity contribution >= 4 is 11.7 Å². The highest BCUT2D eigenvalue weighted by atomic mass is 16.4. The summed E-state index contributed by atoms with van der Waals surface area (Å²) in [6.07, 6.45) is 0.650. The summed E-state index contributed by atoms with van der Waals surface area (Å²) in [5.41, 5.74) is 1.90. The highest BCUT2D eigenvalue weighted by molar-refractivity contribution is 5.72. The number of aromatic hydroxyl groups is 1. The molecular formula is C11H13NO3. The maximum Gasteiger partial charge on any atom is 0.308 e. The van der Waals surface area contributed by atoms with Crippen molar-refractivity contribution in [3.8, 4) is 5.75 Å². The molecule has 0 bridgehead atoms. The third-order valence-electron chi connectivity index (χ3n) is 2.86. The van der Waals surface area contributed by atoms with Crippen molar-refractivity contribution in [2.45, 2.75) is 19.4 Å². The fraction of sp³-hybridized carbons (Fsp3) is 0.364. The van der Waals surface area contributed by atoms with Crippen LogP contribution in [0.2, 0.25) is 0 Å². The maximum atomic E-state index is 10.8. The fourth-order valence-corrected chi connectivity index (χ4v) is 1.85. The average molecular weight is 207 g/mol. The number of carbonyl (C=O) groups is 1. The molecule has 2 atom stereocenters. The molecule has 0 saturated heterocycles. The summed E-state index contributed by atoms with van der Waals surface area (Å²) < 4.78 is 0. The molecule has 2 rings (SSSR count). The Morgan fingerprint density at radius 1 is 1.60 bits per heavy atom. The van der Waals surface area contributed by atoms with Crippen molar-refractivity contribution < 1.29 is 15.0 Å². The van der Waals surface area contributed by atoms with Crippen LogP contribution >= 0.6 is 0 Å². The van der Waals surface area contributed by atoms with Gasteiger partial charge in [0.1, 0.15) is 5.75 Å². The van der Waals surface area contributed by atoms with Crippen LogP contribution in [0.4, 0.5) is 5.69 Å². The van der Waals surface area contributed by atoms with Gasteiger partial charge in [0.15, 0.2) is 0 Å². The van der Waals surface area contributed by atoms with E-state index < -0.39 is 11.9 Å². The molecule has 1 aromatic carbocycles. The van der Waals surface area contributed by atoms with Crippen molar-refractivity contribution in [1.82, 2.24) is 0 Å². The lowest BCUT2D eigenvalue weighted by Gasteiger charge is -2.15. The predicted molar refractivity (Wildman–Crippen MR) is 56.0 cm³/mol. The highest BCUT2D eigenvalue weighted by Gasteiger charge is 2.29. The minimum Gasteiger partial charge on any atom is -0.508 e. The average Bonchev–Trinajstić information content (AvgIpc) is 2.58. The van der Waals surface area contributed by atoms with E-state index in [4.69, 9.17) is 5.11 Å². The lowest BCUT2D eigenvalue weighted by Crippen LogP contribution is -2.30. The Morgan fingerprint density at radius 2 is 2.33 bits per heavy atom. The highest BCUT2D eigenvalue weighted by Crippen LogP contribution is 2.31. The van der Waals surface area contributed by atoms with Gasteiger partial charge in [-0.1, -0.05) is 0 Å². The van der Waals surface area contributed by atoms with E-state index in [0.29, 0.717) is 6.42 Å². The molecule has 0 amide bonds. The van der Waals surface area contributed by atoms with Crippen molar-refractivity contribution in [3.05, 3.63) is 23.8 Å². The zero-order valence-corrected chi connectivity index (χ0v) is 8.40. The maximum absolute atomic E-state index is 10.8. The second-order valence-electron chi connectivity index (χ2n) is 3.92. The van der Waals surface area contributed by atoms with Gasteiger partial charge < -0.3 is 15.5 Å². The van der Waals surface area contributed by atoms with Crippen molar-refractivity contribution in [1.29, 1.82) is 0 Å². The van der Waals surface area contributed by atoms with Crippen molar-refractivity contribution in [2.75, 3.05) is 5.32 Å². The third-order valence-corrected chi connectivity index (χ3v) is 2.86. The van der Waals surface area contributed by atoms with Crippen LogP contribution in [-0.4, -0.2) is 22.2 Å². The SMILES string of the molecule is CC(C(=O)O)C1Cc2cc(O)ccc2N1. The van der Waals surface area contributed by atoms with Crippen LogP contribution in [0.25, 0.3) is 0 Å². The smallest absolute Gasteiger partial charge is 0.308 e. The minimum atomic E-state index is -0.801. The van der Waals surface area contributed by atoms with Gasteiger partial charge in [0, 0.05) is 11.7 Å². The van der Waals surface area contributed by atoms with E-state index in [2.05, 4.69) is 5.32 Å². The van der Waals surface area contributed by atoms with Gasteiger partial charge in [-0.05, 0) is 37.1 Å². The zero-order valence-electron chi connectivity index (χ0n) is 8.40. The number of fused-ring (bicyclic) bond motifs is 1. The molecule has 2 unspecified atom stereocenters. The van der Waals surface area contributed by atoms with E-state index >= 15 is 0 Å². The number of phenols is 1. The summed E-state index contributed by atoms with van der Waals surface area (Å²) >= 11 is 0. The van der Waals surface area contributed by atoms with E-state index in [0.717, 1.165) is 11.3 Å². The fourth-order valence-electron chi connectivity index (χ4n) is 1.85. The third kappa shape index (κ3) is 1.75. The first-order valence-corrected chi connectivity index (χ1v) is 4.89. The molecule has 15 heavy (non-hydrogen) atoms. The van der Waals surface area contributed by atoms with Gasteiger partial charge in [0.25, 0.3) is 0 Å². The van der Waals surface area contributed by atoms with Crippen LogP contribution in [-0.2, 0) is 11.2 Å². The van der Waals surface area contributed by atoms with Crippen LogP contribution in [0.5, 0.6) is 5.75 Å². The normalized spacial score (nSPS) is 20.5. The number of anilines is 1. The Labute approximate surface area is 87.6 Å². The van der Waals surface area contributed by atoms with Crippen LogP contribution in [0, 0.1) is 5.92 Å². The number of hydrogen-bond acceptors (Lipinski definition) is 3. The molecule has 0 aromatic heterocycles. The summed E-state index contributed by atoms with van der Waals surface area (Å²) in [5, 5.41) is 21.3. The van der Waals surface area contributed by atoms with Crippen molar-refractivity contribution in [2.24, 2.45) is 5.92 Å². The van der Waals surface area contributed by atoms with Gasteiger partial charge in [0.2, 0.25) is 0 Å². The second kappa shape index (κ2) is 3.46. The van der Waals surface area contributed by atoms with Crippen LogP contribution < -0.4 is 5.32 Å². The number of hydrogen-bond donors (Lipinski definition) is 3. The Morgan fingerprint density at radius 3 is 3.00 bits per heavy atom. The number of nitrogens with one attached hydrogen (secondary N) is 1. The molecule has 0 fully saturated rings. The van der Waals surface area contributed by atoms with Gasteiger partial charge in [-0.3, -0.25) is 4.79 Å². The van der Waals surface area contributed by atoms with Crippen LogP contribution in [0.3, 0.4) is 0 Å². The minimum absolute atomic E-state index is 0.0840. The Bertz CT molecular complexity index is 403. The molecule has 0 aliphatic carbocycles. The first-order valence-electron chi connectivity index (χ1n) is 4.89. The van der Waals surface area contributed by atoms with E-state index in [1.165, 1.54) is 0 Å². The standard InChI is InChI=1S/C11H13NO3/c1-6(11(14)15)10-5-7-4-8(13)2-3-9(7)12-10/h2-4,6,10,12-13H,5H2,1H3,(H,14,15). The number of carboxylic acid groups (broad SMARTS) is 1. The van der Waals surface area contributed by atoms with E-state index in [9.17, 15) is 9.90 Å². The van der Waals surface area contributed by atoms with Crippen molar-refractivity contribution in [3.63, 3.8) is 0 Å². The van der Waals surface area contributed by atoms with Gasteiger partial charge in [-0.2, -0.15) is 0 Å².